The molecule has 6 heteroatoms. The van der Waals surface area contributed by atoms with Crippen LogP contribution in [0.3, 0.4) is 0 Å². The molecule has 1 rings (SSSR count). The summed E-state index contributed by atoms with van der Waals surface area (Å²) in [6.45, 7) is 6.16. The molecule has 0 bridgehead atoms. The van der Waals surface area contributed by atoms with Gasteiger partial charge in [0.15, 0.2) is 0 Å². The van der Waals surface area contributed by atoms with Crippen molar-refractivity contribution in [1.29, 1.82) is 0 Å². The van der Waals surface area contributed by atoms with E-state index in [0.29, 0.717) is 19.8 Å². The van der Waals surface area contributed by atoms with Crippen molar-refractivity contribution in [3.8, 4) is 0 Å². The molecule has 17 heavy (non-hydrogen) atoms. The van der Waals surface area contributed by atoms with Crippen LogP contribution < -0.4 is 5.32 Å². The van der Waals surface area contributed by atoms with E-state index in [4.69, 9.17) is 9.47 Å². The Kier molecular flexibility index (Phi) is 6.76. The Balaban J connectivity index is 1.96. The van der Waals surface area contributed by atoms with E-state index in [1.165, 1.54) is 4.88 Å². The largest absolute Gasteiger partial charge is 0.464 e. The Bertz CT molecular complexity index is 341. The molecule has 1 aromatic rings. The molecule has 5 nitrogen and oxygen atoms in total. The van der Waals surface area contributed by atoms with E-state index < -0.39 is 0 Å². The van der Waals surface area contributed by atoms with Gasteiger partial charge in [0.1, 0.15) is 6.61 Å². The summed E-state index contributed by atoms with van der Waals surface area (Å²) in [6, 6.07) is 0. The molecule has 1 heterocycles. The quantitative estimate of drug-likeness (QED) is 0.559. The molecule has 1 N–H and O–H groups in total. The van der Waals surface area contributed by atoms with Crippen LogP contribution in [0.5, 0.6) is 0 Å². The summed E-state index contributed by atoms with van der Waals surface area (Å²) in [4.78, 5) is 16.3. The van der Waals surface area contributed by atoms with E-state index in [1.807, 2.05) is 13.1 Å². The fraction of sp³-hybridized carbons (Fsp3) is 0.636. The van der Waals surface area contributed by atoms with Crippen LogP contribution in [0.25, 0.3) is 0 Å². The van der Waals surface area contributed by atoms with Gasteiger partial charge in [0.25, 0.3) is 0 Å². The van der Waals surface area contributed by atoms with E-state index in [1.54, 1.807) is 18.3 Å². The first-order valence-corrected chi connectivity index (χ1v) is 6.39. The minimum absolute atomic E-state index is 0.0230. The van der Waals surface area contributed by atoms with E-state index in [2.05, 4.69) is 10.3 Å². The number of nitrogens with one attached hydrogen (secondary N) is 1. The zero-order valence-corrected chi connectivity index (χ0v) is 11.0. The summed E-state index contributed by atoms with van der Waals surface area (Å²) < 4.78 is 9.87. The molecule has 0 saturated heterocycles. The highest BCUT2D eigenvalue weighted by Crippen LogP contribution is 2.10. The maximum absolute atomic E-state index is 10.9. The van der Waals surface area contributed by atoms with Gasteiger partial charge in [-0.2, -0.15) is 0 Å². The summed E-state index contributed by atoms with van der Waals surface area (Å²) in [5, 5.41) is 4.28. The molecular weight excluding hydrogens is 240 g/mol. The van der Waals surface area contributed by atoms with Gasteiger partial charge in [0.2, 0.25) is 0 Å². The van der Waals surface area contributed by atoms with E-state index >= 15 is 0 Å². The van der Waals surface area contributed by atoms with Crippen molar-refractivity contribution in [2.24, 2.45) is 0 Å². The zero-order chi connectivity index (χ0) is 12.5. The van der Waals surface area contributed by atoms with Crippen LogP contribution in [0.2, 0.25) is 0 Å². The van der Waals surface area contributed by atoms with Gasteiger partial charge >= 0.3 is 5.97 Å². The monoisotopic (exact) mass is 258 g/mol. The number of aromatic nitrogens is 1. The second-order valence-electron chi connectivity index (χ2n) is 3.38. The average Bonchev–Trinajstić information content (AvgIpc) is 2.70. The molecule has 0 aliphatic carbocycles. The molecule has 0 radical (unpaired) electrons. The molecule has 0 atom stereocenters. The Morgan fingerprint density at radius 3 is 3.06 bits per heavy atom. The number of aryl methyl sites for hydroxylation is 1. The third-order valence-corrected chi connectivity index (χ3v) is 2.83. The van der Waals surface area contributed by atoms with Crippen molar-refractivity contribution in [2.45, 2.75) is 20.4 Å². The third-order valence-electron chi connectivity index (χ3n) is 1.92. The molecule has 96 valence electrons. The highest BCUT2D eigenvalue weighted by atomic mass is 32.1. The van der Waals surface area contributed by atoms with Crippen molar-refractivity contribution >= 4 is 17.3 Å². The summed E-state index contributed by atoms with van der Waals surface area (Å²) in [6.07, 6.45) is 1.87. The number of rotatable bonds is 8. The van der Waals surface area contributed by atoms with Crippen LogP contribution >= 0.6 is 11.3 Å². The lowest BCUT2D eigenvalue weighted by atomic mass is 10.5. The van der Waals surface area contributed by atoms with Gasteiger partial charge in [-0.25, -0.2) is 9.78 Å². The first-order valence-electron chi connectivity index (χ1n) is 5.57. The molecule has 1 aromatic heterocycles. The minimum Gasteiger partial charge on any atom is -0.464 e. The van der Waals surface area contributed by atoms with E-state index in [0.717, 1.165) is 11.6 Å². The molecule has 0 aromatic carbocycles. The molecule has 0 saturated carbocycles. The molecule has 0 aliphatic heterocycles. The van der Waals surface area contributed by atoms with Crippen molar-refractivity contribution in [1.82, 2.24) is 10.3 Å². The van der Waals surface area contributed by atoms with E-state index in [9.17, 15) is 4.79 Å². The number of carbonyl (C=O) groups excluding carboxylic acids is 1. The van der Waals surface area contributed by atoms with Gasteiger partial charge in [-0.3, -0.25) is 0 Å². The Hall–Kier alpha value is -0.980. The predicted octanol–water partition coefficient (Wildman–Crippen LogP) is 1.12. The van der Waals surface area contributed by atoms with Gasteiger partial charge in [0, 0.05) is 24.2 Å². The van der Waals surface area contributed by atoms with Gasteiger partial charge in [-0.1, -0.05) is 0 Å². The number of esters is 1. The number of nitrogens with zero attached hydrogens (tertiary/aromatic N) is 1. The topological polar surface area (TPSA) is 60.5 Å². The van der Waals surface area contributed by atoms with Crippen LogP contribution in [0.1, 0.15) is 16.8 Å². The summed E-state index contributed by atoms with van der Waals surface area (Å²) in [5.41, 5.74) is 0. The van der Waals surface area contributed by atoms with Crippen LogP contribution in [-0.4, -0.2) is 37.3 Å². The molecule has 0 aliphatic rings. The number of thiazole rings is 1. The van der Waals surface area contributed by atoms with Gasteiger partial charge in [0.05, 0.1) is 18.2 Å². The predicted molar refractivity (Wildman–Crippen MR) is 66.0 cm³/mol. The first-order chi connectivity index (χ1) is 8.22. The number of ether oxygens (including phenoxy) is 2. The van der Waals surface area contributed by atoms with Gasteiger partial charge in [-0.05, 0) is 13.8 Å². The van der Waals surface area contributed by atoms with Crippen LogP contribution in [0.15, 0.2) is 6.20 Å². The molecular formula is C11H18N2O3S. The summed E-state index contributed by atoms with van der Waals surface area (Å²) >= 11 is 1.67. The maximum atomic E-state index is 10.9. The standard InChI is InChI=1S/C11H18N2O3S/c1-3-16-11(14)8-15-5-4-12-6-10-7-13-9(2)17-10/h7,12H,3-6,8H2,1-2H3. The van der Waals surface area contributed by atoms with Crippen molar-refractivity contribution in [2.75, 3.05) is 26.4 Å². The van der Waals surface area contributed by atoms with Gasteiger partial charge < -0.3 is 14.8 Å². The van der Waals surface area contributed by atoms with Crippen LogP contribution in [-0.2, 0) is 20.8 Å². The Morgan fingerprint density at radius 2 is 2.41 bits per heavy atom. The van der Waals surface area contributed by atoms with E-state index in [-0.39, 0.29) is 12.6 Å². The summed E-state index contributed by atoms with van der Waals surface area (Å²) in [7, 11) is 0. The van der Waals surface area contributed by atoms with Gasteiger partial charge in [-0.15, -0.1) is 11.3 Å². The van der Waals surface area contributed by atoms with Crippen LogP contribution in [0, 0.1) is 6.92 Å². The number of carbonyl (C=O) groups is 1. The molecule has 0 amide bonds. The average molecular weight is 258 g/mol. The molecule has 0 fully saturated rings. The third kappa shape index (κ3) is 6.35. The fourth-order valence-electron chi connectivity index (χ4n) is 1.20. The smallest absolute Gasteiger partial charge is 0.332 e. The second-order valence-corrected chi connectivity index (χ2v) is 4.70. The lowest BCUT2D eigenvalue weighted by Gasteiger charge is -2.04. The fourth-order valence-corrected chi connectivity index (χ4v) is 1.97. The lowest BCUT2D eigenvalue weighted by Crippen LogP contribution is -2.21. The van der Waals surface area contributed by atoms with Crippen molar-refractivity contribution in [3.05, 3.63) is 16.1 Å². The summed E-state index contributed by atoms with van der Waals surface area (Å²) in [5.74, 6) is -0.314. The van der Waals surface area contributed by atoms with Crippen LogP contribution in [0.4, 0.5) is 0 Å². The number of hydrogen-bond acceptors (Lipinski definition) is 6. The Labute approximate surface area is 105 Å². The highest BCUT2D eigenvalue weighted by molar-refractivity contribution is 7.11. The molecule has 0 spiro atoms. The lowest BCUT2D eigenvalue weighted by molar-refractivity contribution is -0.148. The first kappa shape index (κ1) is 14.1. The minimum atomic E-state index is -0.314. The Morgan fingerprint density at radius 1 is 1.59 bits per heavy atom. The zero-order valence-electron chi connectivity index (χ0n) is 10.2. The van der Waals surface area contributed by atoms with Crippen molar-refractivity contribution < 1.29 is 14.3 Å². The van der Waals surface area contributed by atoms with Crippen molar-refractivity contribution in [3.63, 3.8) is 0 Å². The SMILES string of the molecule is CCOC(=O)COCCNCc1cnc(C)s1. The maximum Gasteiger partial charge on any atom is 0.332 e. The second kappa shape index (κ2) is 8.16. The number of hydrogen-bond donors (Lipinski definition) is 1. The molecule has 0 unspecified atom stereocenters. The normalized spacial score (nSPS) is 10.5. The highest BCUT2D eigenvalue weighted by Gasteiger charge is 2.01.